The maximum absolute atomic E-state index is 11.5. The number of carbonyl (C=O) groups excluding carboxylic acids is 1. The lowest BCUT2D eigenvalue weighted by atomic mass is 10.1. The molecule has 1 aromatic heterocycles. The lowest BCUT2D eigenvalue weighted by molar-refractivity contribution is 0.101. The third kappa shape index (κ3) is 1.16. The number of aromatic amines is 1. The van der Waals surface area contributed by atoms with E-state index in [0.29, 0.717) is 16.5 Å². The maximum Gasteiger partial charge on any atom is 0.274 e. The number of ketones is 1. The van der Waals surface area contributed by atoms with Crippen molar-refractivity contribution in [2.75, 3.05) is 0 Å². The van der Waals surface area contributed by atoms with Crippen LogP contribution in [0.3, 0.4) is 0 Å². The number of carbonyl (C=O) groups is 1. The Kier molecular flexibility index (Phi) is 1.77. The van der Waals surface area contributed by atoms with E-state index >= 15 is 0 Å². The minimum atomic E-state index is -0.0740. The number of Topliss-reactive ketones (excluding diaryl/α,β-unsaturated/α-hetero) is 1. The lowest BCUT2D eigenvalue weighted by Gasteiger charge is -1.93. The summed E-state index contributed by atoms with van der Waals surface area (Å²) in [5, 5.41) is 3.48. The molecule has 0 unspecified atom stereocenters. The van der Waals surface area contributed by atoms with Crippen molar-refractivity contribution in [1.29, 1.82) is 0 Å². The normalized spacial score (nSPS) is 10.7. The summed E-state index contributed by atoms with van der Waals surface area (Å²) in [6.45, 7) is 1.50. The van der Waals surface area contributed by atoms with E-state index < -0.39 is 0 Å². The minimum absolute atomic E-state index is 0.00315. The first-order chi connectivity index (χ1) is 6.59. The summed E-state index contributed by atoms with van der Waals surface area (Å²) in [5.41, 5.74) is 1.24. The Morgan fingerprint density at radius 3 is 2.79 bits per heavy atom. The predicted octanol–water partition coefficient (Wildman–Crippen LogP) is 1.07. The molecule has 0 radical (unpaired) electrons. The molecule has 0 fully saturated rings. The zero-order chi connectivity index (χ0) is 10.3. The number of aryl methyl sites for hydroxylation is 1. The molecule has 2 rings (SSSR count). The van der Waals surface area contributed by atoms with Crippen molar-refractivity contribution in [3.63, 3.8) is 0 Å². The molecule has 4 heteroatoms. The highest BCUT2D eigenvalue weighted by molar-refractivity contribution is 5.97. The summed E-state index contributed by atoms with van der Waals surface area (Å²) >= 11 is 0. The summed E-state index contributed by atoms with van der Waals surface area (Å²) in [6, 6.07) is 5.03. The Morgan fingerprint density at radius 1 is 1.43 bits per heavy atom. The SMILES string of the molecule is CC(=O)c1ccc2c(=O)n(C)[nH]c2c1. The number of aromatic nitrogens is 2. The van der Waals surface area contributed by atoms with Gasteiger partial charge < -0.3 is 0 Å². The number of H-pyrrole nitrogens is 1. The van der Waals surface area contributed by atoms with E-state index in [-0.39, 0.29) is 11.3 Å². The molecule has 0 saturated carbocycles. The molecule has 0 atom stereocenters. The summed E-state index contributed by atoms with van der Waals surface area (Å²) in [5.74, 6) is -0.00315. The molecule has 1 N–H and O–H groups in total. The highest BCUT2D eigenvalue weighted by Crippen LogP contribution is 2.10. The third-order valence-electron chi connectivity index (χ3n) is 2.25. The van der Waals surface area contributed by atoms with Crippen molar-refractivity contribution < 1.29 is 4.79 Å². The van der Waals surface area contributed by atoms with Gasteiger partial charge in [0.1, 0.15) is 0 Å². The second kappa shape index (κ2) is 2.83. The van der Waals surface area contributed by atoms with Gasteiger partial charge in [-0.3, -0.25) is 19.4 Å². The zero-order valence-corrected chi connectivity index (χ0v) is 8.00. The third-order valence-corrected chi connectivity index (χ3v) is 2.25. The Hall–Kier alpha value is -1.84. The molecule has 0 spiro atoms. The minimum Gasteiger partial charge on any atom is -0.295 e. The fourth-order valence-electron chi connectivity index (χ4n) is 1.45. The number of hydrogen-bond donors (Lipinski definition) is 1. The monoisotopic (exact) mass is 190 g/mol. The first-order valence-corrected chi connectivity index (χ1v) is 4.29. The van der Waals surface area contributed by atoms with E-state index in [2.05, 4.69) is 5.10 Å². The van der Waals surface area contributed by atoms with E-state index in [9.17, 15) is 9.59 Å². The highest BCUT2D eigenvalue weighted by Gasteiger charge is 2.06. The van der Waals surface area contributed by atoms with Crippen LogP contribution in [0.15, 0.2) is 23.0 Å². The van der Waals surface area contributed by atoms with E-state index in [0.717, 1.165) is 0 Å². The summed E-state index contributed by atoms with van der Waals surface area (Å²) in [7, 11) is 1.65. The van der Waals surface area contributed by atoms with Crippen LogP contribution >= 0.6 is 0 Å². The van der Waals surface area contributed by atoms with Crippen LogP contribution in [0.25, 0.3) is 10.9 Å². The largest absolute Gasteiger partial charge is 0.295 e. The molecule has 4 nitrogen and oxygen atoms in total. The average molecular weight is 190 g/mol. The van der Waals surface area contributed by atoms with Crippen molar-refractivity contribution >= 4 is 16.7 Å². The maximum atomic E-state index is 11.5. The van der Waals surface area contributed by atoms with Crippen LogP contribution in [-0.2, 0) is 7.05 Å². The Balaban J connectivity index is 2.80. The molecule has 1 heterocycles. The van der Waals surface area contributed by atoms with E-state index in [1.807, 2.05) is 0 Å². The van der Waals surface area contributed by atoms with Crippen molar-refractivity contribution in [2.24, 2.45) is 7.05 Å². The van der Waals surface area contributed by atoms with Crippen molar-refractivity contribution in [2.45, 2.75) is 6.92 Å². The predicted molar refractivity (Wildman–Crippen MR) is 53.5 cm³/mol. The standard InChI is InChI=1S/C10H10N2O2/c1-6(13)7-3-4-8-9(5-7)11-12(2)10(8)14/h3-5,11H,1-2H3. The average Bonchev–Trinajstić information content (AvgIpc) is 2.42. The summed E-state index contributed by atoms with van der Waals surface area (Å²) in [6.07, 6.45) is 0. The van der Waals surface area contributed by atoms with Gasteiger partial charge in [0.2, 0.25) is 0 Å². The number of fused-ring (bicyclic) bond motifs is 1. The van der Waals surface area contributed by atoms with Gasteiger partial charge in [0.25, 0.3) is 5.56 Å². The fourth-order valence-corrected chi connectivity index (χ4v) is 1.45. The fraction of sp³-hybridized carbons (Fsp3) is 0.200. The van der Waals surface area contributed by atoms with Gasteiger partial charge >= 0.3 is 0 Å². The first-order valence-electron chi connectivity index (χ1n) is 4.29. The molecule has 0 aliphatic heterocycles. The second-order valence-electron chi connectivity index (χ2n) is 3.29. The molecule has 0 aliphatic carbocycles. The van der Waals surface area contributed by atoms with E-state index in [1.165, 1.54) is 11.6 Å². The van der Waals surface area contributed by atoms with Crippen LogP contribution < -0.4 is 5.56 Å². The van der Waals surface area contributed by atoms with Gasteiger partial charge in [0.15, 0.2) is 5.78 Å². The van der Waals surface area contributed by atoms with E-state index in [1.54, 1.807) is 25.2 Å². The van der Waals surface area contributed by atoms with Crippen LogP contribution in [0, 0.1) is 0 Å². The molecule has 2 aromatic rings. The van der Waals surface area contributed by atoms with Crippen LogP contribution in [0.1, 0.15) is 17.3 Å². The molecule has 0 bridgehead atoms. The number of rotatable bonds is 1. The second-order valence-corrected chi connectivity index (χ2v) is 3.29. The summed E-state index contributed by atoms with van der Waals surface area (Å²) < 4.78 is 1.40. The van der Waals surface area contributed by atoms with E-state index in [4.69, 9.17) is 0 Å². The van der Waals surface area contributed by atoms with Gasteiger partial charge in [-0.2, -0.15) is 0 Å². The van der Waals surface area contributed by atoms with Gasteiger partial charge in [0, 0.05) is 12.6 Å². The van der Waals surface area contributed by atoms with Crippen LogP contribution in [0.2, 0.25) is 0 Å². The van der Waals surface area contributed by atoms with Crippen LogP contribution in [0.5, 0.6) is 0 Å². The van der Waals surface area contributed by atoms with Crippen molar-refractivity contribution in [1.82, 2.24) is 9.78 Å². The number of nitrogens with zero attached hydrogens (tertiary/aromatic N) is 1. The highest BCUT2D eigenvalue weighted by atomic mass is 16.1. The molecule has 72 valence electrons. The van der Waals surface area contributed by atoms with Gasteiger partial charge in [-0.25, -0.2) is 0 Å². The molecule has 14 heavy (non-hydrogen) atoms. The molecule has 0 amide bonds. The van der Waals surface area contributed by atoms with Gasteiger partial charge in [0.05, 0.1) is 10.9 Å². The zero-order valence-electron chi connectivity index (χ0n) is 8.00. The summed E-state index contributed by atoms with van der Waals surface area (Å²) in [4.78, 5) is 22.5. The molecule has 0 saturated heterocycles. The molecular weight excluding hydrogens is 180 g/mol. The topological polar surface area (TPSA) is 54.9 Å². The number of hydrogen-bond acceptors (Lipinski definition) is 2. The van der Waals surface area contributed by atoms with Gasteiger partial charge in [-0.1, -0.05) is 6.07 Å². The molecule has 1 aromatic carbocycles. The van der Waals surface area contributed by atoms with Crippen molar-refractivity contribution in [3.8, 4) is 0 Å². The van der Waals surface area contributed by atoms with Crippen LogP contribution in [-0.4, -0.2) is 15.6 Å². The number of nitrogens with one attached hydrogen (secondary N) is 1. The van der Waals surface area contributed by atoms with Crippen LogP contribution in [0.4, 0.5) is 0 Å². The number of benzene rings is 1. The Bertz CT molecular complexity index is 563. The van der Waals surface area contributed by atoms with Gasteiger partial charge in [-0.05, 0) is 19.1 Å². The first kappa shape index (κ1) is 8.74. The molecular formula is C10H10N2O2. The Morgan fingerprint density at radius 2 is 2.14 bits per heavy atom. The van der Waals surface area contributed by atoms with Gasteiger partial charge in [-0.15, -0.1) is 0 Å². The lowest BCUT2D eigenvalue weighted by Crippen LogP contribution is -2.10. The molecule has 0 aliphatic rings. The smallest absolute Gasteiger partial charge is 0.274 e. The quantitative estimate of drug-likeness (QED) is 0.684. The Labute approximate surface area is 80.1 Å². The van der Waals surface area contributed by atoms with Crippen molar-refractivity contribution in [3.05, 3.63) is 34.1 Å².